The van der Waals surface area contributed by atoms with E-state index in [2.05, 4.69) is 10.3 Å². The highest BCUT2D eigenvalue weighted by Gasteiger charge is 2.17. The molecule has 31 heavy (non-hydrogen) atoms. The van der Waals surface area contributed by atoms with Crippen LogP contribution in [-0.4, -0.2) is 46.3 Å². The Morgan fingerprint density at radius 3 is 2.58 bits per heavy atom. The SMILES string of the molecule is CCN(CC)C(=O)COc1ccc(NC(=O)c2c[nH]c3ccc([N+](=O)[O-])cc23)cc1Cl. The molecule has 0 atom stereocenters. The van der Waals surface area contributed by atoms with Gasteiger partial charge < -0.3 is 19.9 Å². The number of anilines is 1. The third kappa shape index (κ3) is 4.95. The summed E-state index contributed by atoms with van der Waals surface area (Å²) in [5, 5.41) is 14.4. The highest BCUT2D eigenvalue weighted by molar-refractivity contribution is 6.32. The number of benzene rings is 2. The van der Waals surface area contributed by atoms with Gasteiger partial charge >= 0.3 is 0 Å². The van der Waals surface area contributed by atoms with Crippen LogP contribution >= 0.6 is 11.6 Å². The van der Waals surface area contributed by atoms with Crippen LogP contribution in [0.3, 0.4) is 0 Å². The number of fused-ring (bicyclic) bond motifs is 1. The molecule has 0 aliphatic carbocycles. The number of hydrogen-bond donors (Lipinski definition) is 2. The summed E-state index contributed by atoms with van der Waals surface area (Å²) >= 11 is 6.24. The number of hydrogen-bond acceptors (Lipinski definition) is 5. The molecule has 0 aliphatic rings. The summed E-state index contributed by atoms with van der Waals surface area (Å²) < 4.78 is 5.50. The average molecular weight is 445 g/mol. The molecular formula is C21H21ClN4O5. The van der Waals surface area contributed by atoms with Crippen LogP contribution in [0, 0.1) is 10.1 Å². The van der Waals surface area contributed by atoms with Gasteiger partial charge in [0.2, 0.25) is 0 Å². The molecule has 3 rings (SSSR count). The Morgan fingerprint density at radius 1 is 1.19 bits per heavy atom. The molecule has 0 bridgehead atoms. The number of amides is 2. The zero-order valence-corrected chi connectivity index (χ0v) is 17.7. The van der Waals surface area contributed by atoms with Gasteiger partial charge in [0.15, 0.2) is 6.61 Å². The molecule has 0 aliphatic heterocycles. The van der Waals surface area contributed by atoms with E-state index in [0.29, 0.717) is 35.4 Å². The molecule has 0 fully saturated rings. The number of nitro groups is 1. The Balaban J connectivity index is 1.72. The number of aromatic nitrogens is 1. The minimum atomic E-state index is -0.516. The molecule has 10 heteroatoms. The first kappa shape index (κ1) is 22.1. The maximum absolute atomic E-state index is 12.7. The Morgan fingerprint density at radius 2 is 1.94 bits per heavy atom. The van der Waals surface area contributed by atoms with Gasteiger partial charge in [-0.15, -0.1) is 0 Å². The van der Waals surface area contributed by atoms with Crippen LogP contribution in [-0.2, 0) is 4.79 Å². The van der Waals surface area contributed by atoms with Crippen molar-refractivity contribution in [2.24, 2.45) is 0 Å². The third-order valence-corrected chi connectivity index (χ3v) is 5.07. The number of carbonyl (C=O) groups excluding carboxylic acids is 2. The first-order valence-electron chi connectivity index (χ1n) is 9.61. The average Bonchev–Trinajstić information content (AvgIpc) is 3.17. The minimum absolute atomic E-state index is 0.107. The van der Waals surface area contributed by atoms with E-state index < -0.39 is 10.8 Å². The molecule has 0 spiro atoms. The number of ether oxygens (including phenoxy) is 1. The van der Waals surface area contributed by atoms with E-state index in [1.54, 1.807) is 23.1 Å². The van der Waals surface area contributed by atoms with Crippen molar-refractivity contribution in [1.82, 2.24) is 9.88 Å². The summed E-state index contributed by atoms with van der Waals surface area (Å²) in [7, 11) is 0. The van der Waals surface area contributed by atoms with Crippen molar-refractivity contribution >= 4 is 45.7 Å². The zero-order valence-electron chi connectivity index (χ0n) is 17.0. The lowest BCUT2D eigenvalue weighted by Gasteiger charge is -2.19. The van der Waals surface area contributed by atoms with Crippen LogP contribution in [0.1, 0.15) is 24.2 Å². The second kappa shape index (κ2) is 9.48. The van der Waals surface area contributed by atoms with Crippen molar-refractivity contribution in [1.29, 1.82) is 0 Å². The predicted molar refractivity (Wildman–Crippen MR) is 118 cm³/mol. The normalized spacial score (nSPS) is 10.7. The maximum Gasteiger partial charge on any atom is 0.270 e. The number of nitro benzene ring substituents is 1. The van der Waals surface area contributed by atoms with Crippen LogP contribution in [0.5, 0.6) is 5.75 Å². The van der Waals surface area contributed by atoms with E-state index in [0.717, 1.165) is 0 Å². The molecular weight excluding hydrogens is 424 g/mol. The highest BCUT2D eigenvalue weighted by atomic mass is 35.5. The van der Waals surface area contributed by atoms with Gasteiger partial charge in [-0.3, -0.25) is 19.7 Å². The van der Waals surface area contributed by atoms with Crippen LogP contribution in [0.15, 0.2) is 42.6 Å². The first-order chi connectivity index (χ1) is 14.8. The van der Waals surface area contributed by atoms with Gasteiger partial charge in [-0.25, -0.2) is 0 Å². The van der Waals surface area contributed by atoms with E-state index in [1.165, 1.54) is 24.4 Å². The summed E-state index contributed by atoms with van der Waals surface area (Å²) in [6.45, 7) is 4.82. The van der Waals surface area contributed by atoms with E-state index in [-0.39, 0.29) is 28.8 Å². The van der Waals surface area contributed by atoms with Gasteiger partial charge in [-0.1, -0.05) is 11.6 Å². The van der Waals surface area contributed by atoms with E-state index in [1.807, 2.05) is 13.8 Å². The summed E-state index contributed by atoms with van der Waals surface area (Å²) in [5.74, 6) is -0.275. The number of H-pyrrole nitrogens is 1. The molecule has 2 aromatic carbocycles. The monoisotopic (exact) mass is 444 g/mol. The smallest absolute Gasteiger partial charge is 0.270 e. The largest absolute Gasteiger partial charge is 0.482 e. The molecule has 2 N–H and O–H groups in total. The molecule has 1 aromatic heterocycles. The van der Waals surface area contributed by atoms with Crippen LogP contribution in [0.25, 0.3) is 10.9 Å². The van der Waals surface area contributed by atoms with Gasteiger partial charge in [0.25, 0.3) is 17.5 Å². The predicted octanol–water partition coefficient (Wildman–Crippen LogP) is 4.23. The summed E-state index contributed by atoms with van der Waals surface area (Å²) in [6, 6.07) is 8.92. The van der Waals surface area contributed by atoms with Crippen molar-refractivity contribution in [2.45, 2.75) is 13.8 Å². The fraction of sp³-hybridized carbons (Fsp3) is 0.238. The molecule has 2 amide bonds. The van der Waals surface area contributed by atoms with Gasteiger partial charge in [0.1, 0.15) is 5.75 Å². The number of carbonyl (C=O) groups is 2. The molecule has 162 valence electrons. The quantitative estimate of drug-likeness (QED) is 0.398. The van der Waals surface area contributed by atoms with E-state index in [9.17, 15) is 19.7 Å². The van der Waals surface area contributed by atoms with E-state index >= 15 is 0 Å². The third-order valence-electron chi connectivity index (χ3n) is 4.78. The zero-order chi connectivity index (χ0) is 22.5. The lowest BCUT2D eigenvalue weighted by atomic mass is 10.1. The summed E-state index contributed by atoms with van der Waals surface area (Å²) in [4.78, 5) is 39.8. The van der Waals surface area contributed by atoms with Crippen molar-refractivity contribution in [3.63, 3.8) is 0 Å². The Labute approximate surface area is 183 Å². The molecule has 0 saturated carbocycles. The van der Waals surface area contributed by atoms with Crippen molar-refractivity contribution in [2.75, 3.05) is 25.0 Å². The number of likely N-dealkylation sites (N-methyl/N-ethyl adjacent to an activating group) is 1. The van der Waals surface area contributed by atoms with Crippen molar-refractivity contribution in [3.05, 3.63) is 63.3 Å². The first-order valence-corrected chi connectivity index (χ1v) is 9.98. The van der Waals surface area contributed by atoms with Crippen LogP contribution < -0.4 is 10.1 Å². The number of aromatic amines is 1. The topological polar surface area (TPSA) is 118 Å². The van der Waals surface area contributed by atoms with Crippen molar-refractivity contribution in [3.8, 4) is 5.75 Å². The van der Waals surface area contributed by atoms with Crippen molar-refractivity contribution < 1.29 is 19.2 Å². The molecule has 9 nitrogen and oxygen atoms in total. The summed E-state index contributed by atoms with van der Waals surface area (Å²) in [6.07, 6.45) is 1.49. The number of nitrogens with zero attached hydrogens (tertiary/aromatic N) is 2. The fourth-order valence-electron chi connectivity index (χ4n) is 3.11. The lowest BCUT2D eigenvalue weighted by molar-refractivity contribution is -0.384. The second-order valence-electron chi connectivity index (χ2n) is 6.64. The molecule has 3 aromatic rings. The van der Waals surface area contributed by atoms with Gasteiger partial charge in [-0.2, -0.15) is 0 Å². The van der Waals surface area contributed by atoms with Gasteiger partial charge in [0, 0.05) is 48.0 Å². The number of non-ortho nitro benzene ring substituents is 1. The number of rotatable bonds is 8. The minimum Gasteiger partial charge on any atom is -0.482 e. The van der Waals surface area contributed by atoms with Gasteiger partial charge in [-0.05, 0) is 38.1 Å². The standard InChI is InChI=1S/C21H21ClN4O5/c1-3-25(4-2)20(27)12-31-19-8-5-13(9-17(19)22)24-21(28)16-11-23-18-7-6-14(26(29)30)10-15(16)18/h5-11,23H,3-4,12H2,1-2H3,(H,24,28). The van der Waals surface area contributed by atoms with E-state index in [4.69, 9.17) is 16.3 Å². The second-order valence-corrected chi connectivity index (χ2v) is 7.05. The molecule has 1 heterocycles. The van der Waals surface area contributed by atoms with Crippen LogP contribution in [0.4, 0.5) is 11.4 Å². The number of nitrogens with one attached hydrogen (secondary N) is 2. The Hall–Kier alpha value is -3.59. The molecule has 0 unspecified atom stereocenters. The molecule has 0 radical (unpaired) electrons. The Bertz CT molecular complexity index is 1140. The van der Waals surface area contributed by atoms with Gasteiger partial charge in [0.05, 0.1) is 15.5 Å². The highest BCUT2D eigenvalue weighted by Crippen LogP contribution is 2.29. The number of halogens is 1. The Kier molecular flexibility index (Phi) is 6.76. The summed E-state index contributed by atoms with van der Waals surface area (Å²) in [5.41, 5.74) is 1.18. The van der Waals surface area contributed by atoms with Crippen LogP contribution in [0.2, 0.25) is 5.02 Å². The maximum atomic E-state index is 12.7. The molecule has 0 saturated heterocycles. The fourth-order valence-corrected chi connectivity index (χ4v) is 3.35. The lowest BCUT2D eigenvalue weighted by Crippen LogP contribution is -2.34.